The van der Waals surface area contributed by atoms with Crippen molar-refractivity contribution in [1.29, 1.82) is 0 Å². The van der Waals surface area contributed by atoms with Crippen LogP contribution in [0.25, 0.3) is 0 Å². The van der Waals surface area contributed by atoms with Crippen molar-refractivity contribution in [3.05, 3.63) is 165 Å². The largest absolute Gasteiger partial charge is 0.464 e. The van der Waals surface area contributed by atoms with E-state index in [0.29, 0.717) is 106 Å². The number of nitrogens with zero attached hydrogens (tertiary/aromatic N) is 3. The zero-order valence-corrected chi connectivity index (χ0v) is 41.2. The number of amides is 3. The standard InChI is InChI=1S/C52H59Cl2N7O9/c1-34-30-40(31-44(59-34)50(65)68-2)42(53)20-14-35-10-16-38(17-11-35)48(63)56-23-22-55-24-27-61(28-25-57-47(62)37-8-6-5-7-9-37)29-26-58-49(64)39-18-12-36(13-19-39)15-21-43(54)41-32-45(51(66)69-3)60-46(33-41)52(67)70-4/h5-13,16-19,30-33,42-43,55H,14-15,20-29H2,1-4H3,(H,56,63)(H,57,62)(H,58,64). The lowest BCUT2D eigenvalue weighted by Gasteiger charge is -2.23. The third-order valence-corrected chi connectivity index (χ3v) is 12.1. The molecule has 0 spiro atoms. The van der Waals surface area contributed by atoms with E-state index in [-0.39, 0.29) is 40.2 Å². The van der Waals surface area contributed by atoms with Gasteiger partial charge in [-0.1, -0.05) is 42.5 Å². The van der Waals surface area contributed by atoms with E-state index in [4.69, 9.17) is 37.4 Å². The second-order valence-electron chi connectivity index (χ2n) is 16.2. The fraction of sp³-hybridized carbons (Fsp3) is 0.346. The SMILES string of the molecule is COC(=O)c1cc(C(Cl)CCc2ccc(C(=O)NCCNCCN(CCNC(=O)c3ccccc3)CCNC(=O)c3ccc(CCC(Cl)c4cc(C(=O)OC)nc(C(=O)OC)c4)cc3)cc2)cc(C)n1. The Morgan fingerprint density at radius 3 is 1.37 bits per heavy atom. The Hall–Kier alpha value is -6.72. The van der Waals surface area contributed by atoms with Gasteiger partial charge in [-0.2, -0.15) is 0 Å². The zero-order valence-electron chi connectivity index (χ0n) is 39.7. The molecule has 16 nitrogen and oxygen atoms in total. The molecule has 3 amide bonds. The van der Waals surface area contributed by atoms with Gasteiger partial charge in [-0.25, -0.2) is 24.4 Å². The summed E-state index contributed by atoms with van der Waals surface area (Å²) in [5.41, 5.74) is 5.66. The number of alkyl halides is 2. The van der Waals surface area contributed by atoms with Crippen LogP contribution in [-0.2, 0) is 27.1 Å². The number of esters is 3. The van der Waals surface area contributed by atoms with Gasteiger partial charge >= 0.3 is 17.9 Å². The van der Waals surface area contributed by atoms with Crippen LogP contribution in [0.5, 0.6) is 0 Å². The molecule has 370 valence electrons. The first-order chi connectivity index (χ1) is 33.8. The molecule has 0 bridgehead atoms. The Morgan fingerprint density at radius 2 is 0.914 bits per heavy atom. The Bertz CT molecular complexity index is 2510. The van der Waals surface area contributed by atoms with E-state index in [2.05, 4.69) is 36.1 Å². The summed E-state index contributed by atoms with van der Waals surface area (Å²) in [5, 5.41) is 11.4. The van der Waals surface area contributed by atoms with Gasteiger partial charge in [0.25, 0.3) is 17.7 Å². The lowest BCUT2D eigenvalue weighted by atomic mass is 10.0. The van der Waals surface area contributed by atoms with E-state index >= 15 is 0 Å². The van der Waals surface area contributed by atoms with Crippen LogP contribution >= 0.6 is 23.2 Å². The summed E-state index contributed by atoms with van der Waals surface area (Å²) >= 11 is 13.4. The van der Waals surface area contributed by atoms with E-state index < -0.39 is 23.3 Å². The quantitative estimate of drug-likeness (QED) is 0.0204. The van der Waals surface area contributed by atoms with Crippen LogP contribution in [0.2, 0.25) is 0 Å². The van der Waals surface area contributed by atoms with E-state index in [0.717, 1.165) is 16.7 Å². The number of pyridine rings is 2. The van der Waals surface area contributed by atoms with Crippen molar-refractivity contribution in [2.75, 3.05) is 73.7 Å². The molecule has 4 N–H and O–H groups in total. The van der Waals surface area contributed by atoms with Gasteiger partial charge in [0.15, 0.2) is 0 Å². The number of ether oxygens (including phenoxy) is 3. The third kappa shape index (κ3) is 17.1. The minimum atomic E-state index is -0.704. The van der Waals surface area contributed by atoms with Crippen LogP contribution in [-0.4, -0.2) is 124 Å². The summed E-state index contributed by atoms with van der Waals surface area (Å²) in [6, 6.07) is 30.1. The van der Waals surface area contributed by atoms with E-state index in [1.807, 2.05) is 48.5 Å². The van der Waals surface area contributed by atoms with Crippen LogP contribution in [0.15, 0.2) is 103 Å². The number of benzene rings is 3. The molecule has 3 aromatic carbocycles. The van der Waals surface area contributed by atoms with E-state index in [1.54, 1.807) is 49.4 Å². The van der Waals surface area contributed by atoms with Gasteiger partial charge in [-0.3, -0.25) is 19.3 Å². The minimum absolute atomic E-state index is 0.0541. The summed E-state index contributed by atoms with van der Waals surface area (Å²) in [5.74, 6) is -2.52. The molecular formula is C52H59Cl2N7O9. The van der Waals surface area contributed by atoms with Gasteiger partial charge in [0.2, 0.25) is 0 Å². The molecule has 2 atom stereocenters. The Labute approximate surface area is 418 Å². The van der Waals surface area contributed by atoms with Crippen molar-refractivity contribution in [2.45, 2.75) is 43.4 Å². The highest BCUT2D eigenvalue weighted by Crippen LogP contribution is 2.29. The number of hydrogen-bond acceptors (Lipinski definition) is 13. The van der Waals surface area contributed by atoms with Crippen molar-refractivity contribution in [1.82, 2.24) is 36.1 Å². The minimum Gasteiger partial charge on any atom is -0.464 e. The highest BCUT2D eigenvalue weighted by molar-refractivity contribution is 6.21. The number of aromatic nitrogens is 2. The molecule has 18 heteroatoms. The molecule has 0 saturated carbocycles. The maximum absolute atomic E-state index is 13.2. The van der Waals surface area contributed by atoms with Crippen molar-refractivity contribution in [3.8, 4) is 0 Å². The van der Waals surface area contributed by atoms with E-state index in [1.165, 1.54) is 33.5 Å². The molecule has 5 aromatic rings. The van der Waals surface area contributed by atoms with Crippen molar-refractivity contribution in [3.63, 3.8) is 0 Å². The highest BCUT2D eigenvalue weighted by Gasteiger charge is 2.20. The number of hydrogen-bond donors (Lipinski definition) is 4. The smallest absolute Gasteiger partial charge is 0.356 e. The lowest BCUT2D eigenvalue weighted by molar-refractivity contribution is 0.0576. The molecule has 0 aliphatic heterocycles. The zero-order chi connectivity index (χ0) is 50.4. The monoisotopic (exact) mass is 995 g/mol. The average Bonchev–Trinajstić information content (AvgIpc) is 3.39. The van der Waals surface area contributed by atoms with Gasteiger partial charge in [-0.15, -0.1) is 23.2 Å². The first kappa shape index (κ1) is 54.2. The van der Waals surface area contributed by atoms with Gasteiger partial charge in [0.1, 0.15) is 17.1 Å². The number of aryl methyl sites for hydroxylation is 3. The number of halogens is 2. The first-order valence-electron chi connectivity index (χ1n) is 22.8. The Balaban J connectivity index is 1.05. The molecule has 70 heavy (non-hydrogen) atoms. The fourth-order valence-corrected chi connectivity index (χ4v) is 7.78. The summed E-state index contributed by atoms with van der Waals surface area (Å²) in [7, 11) is 3.75. The van der Waals surface area contributed by atoms with Gasteiger partial charge in [-0.05, 0) is 116 Å². The molecule has 0 saturated heterocycles. The van der Waals surface area contributed by atoms with Crippen molar-refractivity contribution in [2.24, 2.45) is 0 Å². The van der Waals surface area contributed by atoms with E-state index in [9.17, 15) is 28.8 Å². The Morgan fingerprint density at radius 1 is 0.514 bits per heavy atom. The normalized spacial score (nSPS) is 11.8. The average molecular weight is 997 g/mol. The van der Waals surface area contributed by atoms with Crippen LogP contribution < -0.4 is 21.3 Å². The summed E-state index contributed by atoms with van der Waals surface area (Å²) < 4.78 is 14.4. The molecule has 0 fully saturated rings. The third-order valence-electron chi connectivity index (χ3n) is 11.2. The summed E-state index contributed by atoms with van der Waals surface area (Å²) in [6.07, 6.45) is 2.31. The second kappa shape index (κ2) is 28.1. The summed E-state index contributed by atoms with van der Waals surface area (Å²) in [4.78, 5) is 85.5. The molecule has 2 aromatic heterocycles. The number of rotatable bonds is 26. The van der Waals surface area contributed by atoms with Gasteiger partial charge in [0, 0.05) is 74.7 Å². The lowest BCUT2D eigenvalue weighted by Crippen LogP contribution is -2.43. The van der Waals surface area contributed by atoms with Crippen molar-refractivity contribution < 1.29 is 43.0 Å². The molecule has 0 radical (unpaired) electrons. The van der Waals surface area contributed by atoms with Crippen LogP contribution in [0.3, 0.4) is 0 Å². The van der Waals surface area contributed by atoms with Crippen LogP contribution in [0.4, 0.5) is 0 Å². The molecular weight excluding hydrogens is 938 g/mol. The molecule has 0 aliphatic rings. The number of methoxy groups -OCH3 is 3. The number of nitrogens with one attached hydrogen (secondary N) is 4. The van der Waals surface area contributed by atoms with Gasteiger partial charge in [0.05, 0.1) is 32.1 Å². The fourth-order valence-electron chi connectivity index (χ4n) is 7.31. The highest BCUT2D eigenvalue weighted by atomic mass is 35.5. The maximum atomic E-state index is 13.2. The Kier molecular flexibility index (Phi) is 21.7. The predicted octanol–water partition coefficient (Wildman–Crippen LogP) is 6.45. The van der Waals surface area contributed by atoms with Crippen LogP contribution in [0.1, 0.15) is 114 Å². The first-order valence-corrected chi connectivity index (χ1v) is 23.7. The topological polar surface area (TPSA) is 207 Å². The van der Waals surface area contributed by atoms with Crippen molar-refractivity contribution >= 4 is 58.8 Å². The van der Waals surface area contributed by atoms with Gasteiger partial charge < -0.3 is 35.5 Å². The number of carbonyl (C=O) groups excluding carboxylic acids is 6. The second-order valence-corrected chi connectivity index (χ2v) is 17.3. The number of carbonyl (C=O) groups is 6. The molecule has 5 rings (SSSR count). The van der Waals surface area contributed by atoms with Crippen LogP contribution in [0, 0.1) is 6.92 Å². The predicted molar refractivity (Wildman–Crippen MR) is 267 cm³/mol. The molecule has 2 unspecified atom stereocenters. The summed E-state index contributed by atoms with van der Waals surface area (Å²) in [6.45, 7) is 5.77. The maximum Gasteiger partial charge on any atom is 0.356 e. The molecule has 2 heterocycles. The molecule has 0 aliphatic carbocycles.